The van der Waals surface area contributed by atoms with E-state index in [1.54, 1.807) is 12.3 Å². The van der Waals surface area contributed by atoms with Crippen LogP contribution >= 0.6 is 0 Å². The van der Waals surface area contributed by atoms with Gasteiger partial charge in [0.25, 0.3) is 5.91 Å². The van der Waals surface area contributed by atoms with Gasteiger partial charge in [0.05, 0.1) is 11.6 Å². The first-order valence-corrected chi connectivity index (χ1v) is 8.08. The number of carbonyl (C=O) groups is 2. The molecule has 2 amide bonds. The summed E-state index contributed by atoms with van der Waals surface area (Å²) in [6, 6.07) is 18.4. The number of aromatic nitrogens is 1. The first kappa shape index (κ1) is 16.6. The van der Waals surface area contributed by atoms with Crippen LogP contribution in [0.15, 0.2) is 66.9 Å². The van der Waals surface area contributed by atoms with Crippen LogP contribution in [0.3, 0.4) is 0 Å². The summed E-state index contributed by atoms with van der Waals surface area (Å²) in [5.74, 6) is -0.322. The predicted molar refractivity (Wildman–Crippen MR) is 97.1 cm³/mol. The highest BCUT2D eigenvalue weighted by Gasteiger charge is 2.16. The van der Waals surface area contributed by atoms with Crippen LogP contribution in [0.2, 0.25) is 0 Å². The lowest BCUT2D eigenvalue weighted by Gasteiger charge is -2.19. The maximum absolute atomic E-state index is 12.7. The molecule has 1 atom stereocenters. The lowest BCUT2D eigenvalue weighted by atomic mass is 10.1. The largest absolute Gasteiger partial charge is 0.354 e. The fourth-order valence-corrected chi connectivity index (χ4v) is 2.64. The third-order valence-electron chi connectivity index (χ3n) is 3.93. The van der Waals surface area contributed by atoms with Gasteiger partial charge in [-0.2, -0.15) is 0 Å². The minimum absolute atomic E-state index is 0.132. The van der Waals surface area contributed by atoms with Gasteiger partial charge in [0.1, 0.15) is 0 Å². The molecule has 0 aliphatic heterocycles. The monoisotopic (exact) mass is 333 g/mol. The van der Waals surface area contributed by atoms with Gasteiger partial charge >= 0.3 is 0 Å². The number of amides is 2. The van der Waals surface area contributed by atoms with Crippen LogP contribution in [0.25, 0.3) is 10.9 Å². The van der Waals surface area contributed by atoms with Crippen molar-refractivity contribution in [2.75, 3.05) is 6.54 Å². The van der Waals surface area contributed by atoms with Crippen molar-refractivity contribution in [3.05, 3.63) is 78.0 Å². The van der Waals surface area contributed by atoms with E-state index in [-0.39, 0.29) is 17.9 Å². The molecule has 2 N–H and O–H groups in total. The Morgan fingerprint density at radius 3 is 2.60 bits per heavy atom. The average molecular weight is 333 g/mol. The molecule has 0 saturated carbocycles. The summed E-state index contributed by atoms with van der Waals surface area (Å²) in [5, 5.41) is 6.67. The molecule has 25 heavy (non-hydrogen) atoms. The summed E-state index contributed by atoms with van der Waals surface area (Å²) in [6.45, 7) is 1.79. The predicted octanol–water partition coefficient (Wildman–Crippen LogP) is 2.84. The summed E-state index contributed by atoms with van der Waals surface area (Å²) in [5.41, 5.74) is 2.34. The Bertz CT molecular complexity index is 894. The number of nitrogens with zero attached hydrogens (tertiary/aromatic N) is 1. The minimum Gasteiger partial charge on any atom is -0.354 e. The Balaban J connectivity index is 1.81. The topological polar surface area (TPSA) is 71.1 Å². The molecule has 0 bridgehead atoms. The molecule has 0 aliphatic carbocycles. The highest BCUT2D eigenvalue weighted by Crippen LogP contribution is 2.16. The SMILES string of the molecule is CC(=O)NCC(NC(=O)c1ccc2ncccc2c1)c1ccccc1. The molecule has 3 aromatic rings. The maximum atomic E-state index is 12.7. The summed E-state index contributed by atoms with van der Waals surface area (Å²) in [6.07, 6.45) is 1.72. The molecule has 0 fully saturated rings. The van der Waals surface area contributed by atoms with E-state index in [1.165, 1.54) is 6.92 Å². The standard InChI is InChI=1S/C20H19N3O2/c1-14(24)22-13-19(15-6-3-2-4-7-15)23-20(25)17-9-10-18-16(12-17)8-5-11-21-18/h2-12,19H,13H2,1H3,(H,22,24)(H,23,25). The van der Waals surface area contributed by atoms with Crippen LogP contribution in [0.5, 0.6) is 0 Å². The summed E-state index contributed by atoms with van der Waals surface area (Å²) in [7, 11) is 0. The van der Waals surface area contributed by atoms with E-state index in [4.69, 9.17) is 0 Å². The van der Waals surface area contributed by atoms with Crippen molar-refractivity contribution in [1.82, 2.24) is 15.6 Å². The van der Waals surface area contributed by atoms with Gasteiger partial charge in [-0.15, -0.1) is 0 Å². The smallest absolute Gasteiger partial charge is 0.251 e. The molecule has 0 radical (unpaired) electrons. The summed E-state index contributed by atoms with van der Waals surface area (Å²) < 4.78 is 0. The van der Waals surface area contributed by atoms with E-state index in [0.29, 0.717) is 12.1 Å². The Morgan fingerprint density at radius 2 is 1.84 bits per heavy atom. The molecule has 0 aliphatic rings. The Labute approximate surface area is 146 Å². The number of fused-ring (bicyclic) bond motifs is 1. The van der Waals surface area contributed by atoms with Gasteiger partial charge in [0, 0.05) is 30.6 Å². The molecule has 0 saturated heterocycles. The van der Waals surface area contributed by atoms with Crippen LogP contribution in [-0.2, 0) is 4.79 Å². The number of nitrogens with one attached hydrogen (secondary N) is 2. The number of hydrogen-bond acceptors (Lipinski definition) is 3. The Morgan fingerprint density at radius 1 is 1.04 bits per heavy atom. The normalized spacial score (nSPS) is 11.7. The maximum Gasteiger partial charge on any atom is 0.251 e. The number of benzene rings is 2. The molecule has 126 valence electrons. The van der Waals surface area contributed by atoms with Crippen molar-refractivity contribution in [3.8, 4) is 0 Å². The molecule has 1 heterocycles. The number of pyridine rings is 1. The number of carbonyl (C=O) groups excluding carboxylic acids is 2. The van der Waals surface area contributed by atoms with Crippen LogP contribution in [-0.4, -0.2) is 23.3 Å². The zero-order valence-electron chi connectivity index (χ0n) is 13.9. The van der Waals surface area contributed by atoms with Gasteiger partial charge in [0.15, 0.2) is 0 Å². The van der Waals surface area contributed by atoms with Gasteiger partial charge in [-0.05, 0) is 29.8 Å². The molecule has 3 rings (SSSR count). The highest BCUT2D eigenvalue weighted by molar-refractivity contribution is 5.98. The molecule has 5 heteroatoms. The Kier molecular flexibility index (Phi) is 5.04. The van der Waals surface area contributed by atoms with E-state index < -0.39 is 0 Å². The van der Waals surface area contributed by atoms with E-state index >= 15 is 0 Å². The Hall–Kier alpha value is -3.21. The number of hydrogen-bond donors (Lipinski definition) is 2. The van der Waals surface area contributed by atoms with Gasteiger partial charge < -0.3 is 10.6 Å². The van der Waals surface area contributed by atoms with Crippen LogP contribution in [0.4, 0.5) is 0 Å². The molecule has 2 aromatic carbocycles. The van der Waals surface area contributed by atoms with E-state index in [0.717, 1.165) is 16.5 Å². The first-order valence-electron chi connectivity index (χ1n) is 8.08. The third kappa shape index (κ3) is 4.20. The molecular weight excluding hydrogens is 314 g/mol. The van der Waals surface area contributed by atoms with Gasteiger partial charge in [-0.25, -0.2) is 0 Å². The highest BCUT2D eigenvalue weighted by atomic mass is 16.2. The van der Waals surface area contributed by atoms with E-state index in [2.05, 4.69) is 15.6 Å². The molecular formula is C20H19N3O2. The zero-order chi connectivity index (χ0) is 17.6. The van der Waals surface area contributed by atoms with Crippen molar-refractivity contribution in [2.24, 2.45) is 0 Å². The van der Waals surface area contributed by atoms with Gasteiger partial charge in [0.2, 0.25) is 5.91 Å². The van der Waals surface area contributed by atoms with E-state index in [9.17, 15) is 9.59 Å². The fourth-order valence-electron chi connectivity index (χ4n) is 2.64. The molecule has 1 aromatic heterocycles. The van der Waals surface area contributed by atoms with Crippen molar-refractivity contribution in [2.45, 2.75) is 13.0 Å². The minimum atomic E-state index is -0.304. The lowest BCUT2D eigenvalue weighted by Crippen LogP contribution is -2.37. The van der Waals surface area contributed by atoms with Gasteiger partial charge in [-0.3, -0.25) is 14.6 Å². The second kappa shape index (κ2) is 7.57. The third-order valence-corrected chi connectivity index (χ3v) is 3.93. The second-order valence-electron chi connectivity index (χ2n) is 5.78. The summed E-state index contributed by atoms with van der Waals surface area (Å²) >= 11 is 0. The van der Waals surface area contributed by atoms with Crippen molar-refractivity contribution < 1.29 is 9.59 Å². The van der Waals surface area contributed by atoms with Crippen molar-refractivity contribution >= 4 is 22.7 Å². The van der Waals surface area contributed by atoms with Crippen molar-refractivity contribution in [1.29, 1.82) is 0 Å². The fraction of sp³-hybridized carbons (Fsp3) is 0.150. The van der Waals surface area contributed by atoms with Gasteiger partial charge in [-0.1, -0.05) is 36.4 Å². The van der Waals surface area contributed by atoms with Crippen LogP contribution in [0, 0.1) is 0 Å². The summed E-state index contributed by atoms with van der Waals surface area (Å²) in [4.78, 5) is 28.2. The molecule has 5 nitrogen and oxygen atoms in total. The molecule has 0 spiro atoms. The quantitative estimate of drug-likeness (QED) is 0.754. The lowest BCUT2D eigenvalue weighted by molar-refractivity contribution is -0.119. The van der Waals surface area contributed by atoms with Crippen LogP contribution in [0.1, 0.15) is 28.9 Å². The zero-order valence-corrected chi connectivity index (χ0v) is 13.9. The first-order chi connectivity index (χ1) is 12.1. The second-order valence-corrected chi connectivity index (χ2v) is 5.78. The number of rotatable bonds is 5. The average Bonchev–Trinajstić information content (AvgIpc) is 2.65. The van der Waals surface area contributed by atoms with E-state index in [1.807, 2.05) is 54.6 Å². The molecule has 1 unspecified atom stereocenters. The van der Waals surface area contributed by atoms with Crippen LogP contribution < -0.4 is 10.6 Å². The van der Waals surface area contributed by atoms with Crippen molar-refractivity contribution in [3.63, 3.8) is 0 Å².